The van der Waals surface area contributed by atoms with Crippen LogP contribution in [0.2, 0.25) is 10.0 Å². The van der Waals surface area contributed by atoms with Gasteiger partial charge in [0.25, 0.3) is 10.0 Å². The Balaban J connectivity index is 1.84. The van der Waals surface area contributed by atoms with Crippen LogP contribution in [0.5, 0.6) is 5.75 Å². The number of halogens is 2. The summed E-state index contributed by atoms with van der Waals surface area (Å²) < 4.78 is 34.5. The van der Waals surface area contributed by atoms with Crippen LogP contribution in [0.1, 0.15) is 25.0 Å². The van der Waals surface area contributed by atoms with Crippen molar-refractivity contribution in [2.24, 2.45) is 0 Å². The van der Waals surface area contributed by atoms with Crippen molar-refractivity contribution in [2.75, 3.05) is 18.0 Å². The standard InChI is InChI=1S/C34H35Cl2N3O5S/c1-24(2)37-34(41)32(20-25-11-6-4-7-12-25)38(22-26-13-10-14-28(19-26)44-3)33(40)23-39(31-21-27(35)17-18-30(31)36)45(42,43)29-15-8-5-9-16-29/h4-19,21,24,32H,20,22-23H2,1-3H3,(H,37,41)/t32-/m0/s1. The fraction of sp³-hybridized carbons (Fsp3) is 0.235. The summed E-state index contributed by atoms with van der Waals surface area (Å²) in [6, 6.07) is 27.5. The van der Waals surface area contributed by atoms with Gasteiger partial charge in [0.05, 0.1) is 22.7 Å². The van der Waals surface area contributed by atoms with E-state index in [1.54, 1.807) is 36.4 Å². The Morgan fingerprint density at radius 3 is 2.13 bits per heavy atom. The van der Waals surface area contributed by atoms with Crippen LogP contribution < -0.4 is 14.4 Å². The van der Waals surface area contributed by atoms with Crippen molar-refractivity contribution in [1.82, 2.24) is 10.2 Å². The Morgan fingerprint density at radius 2 is 1.49 bits per heavy atom. The highest BCUT2D eigenvalue weighted by atomic mass is 35.5. The van der Waals surface area contributed by atoms with Crippen molar-refractivity contribution in [1.29, 1.82) is 0 Å². The molecule has 0 saturated heterocycles. The molecule has 4 rings (SSSR count). The smallest absolute Gasteiger partial charge is 0.264 e. The number of hydrogen-bond acceptors (Lipinski definition) is 5. The molecule has 0 aliphatic carbocycles. The predicted octanol–water partition coefficient (Wildman–Crippen LogP) is 6.36. The first-order chi connectivity index (χ1) is 21.5. The van der Waals surface area contributed by atoms with E-state index in [1.165, 1.54) is 42.3 Å². The Morgan fingerprint density at radius 1 is 0.844 bits per heavy atom. The Bertz CT molecular complexity index is 1720. The second kappa shape index (κ2) is 15.3. The number of anilines is 1. The van der Waals surface area contributed by atoms with E-state index in [0.29, 0.717) is 11.3 Å². The van der Waals surface area contributed by atoms with Gasteiger partial charge >= 0.3 is 0 Å². The lowest BCUT2D eigenvalue weighted by molar-refractivity contribution is -0.140. The zero-order valence-electron chi connectivity index (χ0n) is 25.2. The first-order valence-electron chi connectivity index (χ1n) is 14.3. The lowest BCUT2D eigenvalue weighted by Crippen LogP contribution is -2.54. The van der Waals surface area contributed by atoms with Gasteiger partial charge in [-0.25, -0.2) is 8.42 Å². The van der Waals surface area contributed by atoms with Crippen LogP contribution in [0, 0.1) is 0 Å². The van der Waals surface area contributed by atoms with E-state index < -0.39 is 28.5 Å². The number of hydrogen-bond donors (Lipinski definition) is 1. The second-order valence-corrected chi connectivity index (χ2v) is 13.4. The molecule has 0 aliphatic rings. The minimum Gasteiger partial charge on any atom is -0.497 e. The lowest BCUT2D eigenvalue weighted by Gasteiger charge is -2.34. The van der Waals surface area contributed by atoms with Gasteiger partial charge in [0.2, 0.25) is 11.8 Å². The van der Waals surface area contributed by atoms with E-state index in [-0.39, 0.29) is 45.5 Å². The second-order valence-electron chi connectivity index (χ2n) is 10.7. The fourth-order valence-electron chi connectivity index (χ4n) is 4.81. The van der Waals surface area contributed by atoms with Crippen molar-refractivity contribution < 1.29 is 22.7 Å². The first-order valence-corrected chi connectivity index (χ1v) is 16.5. The SMILES string of the molecule is COc1cccc(CN(C(=O)CN(c2cc(Cl)ccc2Cl)S(=O)(=O)c2ccccc2)[C@@H](Cc2ccccc2)C(=O)NC(C)C)c1. The largest absolute Gasteiger partial charge is 0.497 e. The van der Waals surface area contributed by atoms with Crippen LogP contribution >= 0.6 is 23.2 Å². The normalized spacial score (nSPS) is 12.0. The van der Waals surface area contributed by atoms with E-state index >= 15 is 0 Å². The molecule has 0 fully saturated rings. The summed E-state index contributed by atoms with van der Waals surface area (Å²) in [5.41, 5.74) is 1.56. The first kappa shape index (κ1) is 33.8. The summed E-state index contributed by atoms with van der Waals surface area (Å²) in [5, 5.41) is 3.26. The molecule has 0 aromatic heterocycles. The molecular weight excluding hydrogens is 633 g/mol. The number of amides is 2. The minimum atomic E-state index is -4.31. The zero-order chi connectivity index (χ0) is 32.6. The molecule has 2 amide bonds. The van der Waals surface area contributed by atoms with Crippen molar-refractivity contribution in [3.05, 3.63) is 124 Å². The monoisotopic (exact) mass is 667 g/mol. The quantitative estimate of drug-likeness (QED) is 0.179. The van der Waals surface area contributed by atoms with Crippen LogP contribution in [0.25, 0.3) is 0 Å². The molecule has 4 aromatic carbocycles. The fourth-order valence-corrected chi connectivity index (χ4v) is 6.69. The van der Waals surface area contributed by atoms with E-state index in [1.807, 2.05) is 50.2 Å². The van der Waals surface area contributed by atoms with Gasteiger partial charge in [0, 0.05) is 24.0 Å². The molecule has 8 nitrogen and oxygen atoms in total. The number of methoxy groups -OCH3 is 1. The van der Waals surface area contributed by atoms with Crippen molar-refractivity contribution in [2.45, 2.75) is 43.8 Å². The molecule has 11 heteroatoms. The summed E-state index contributed by atoms with van der Waals surface area (Å²) in [6.45, 7) is 3.02. The summed E-state index contributed by atoms with van der Waals surface area (Å²) in [6.07, 6.45) is 0.193. The number of carbonyl (C=O) groups excluding carboxylic acids is 2. The average molecular weight is 669 g/mol. The molecule has 0 radical (unpaired) electrons. The summed E-state index contributed by atoms with van der Waals surface area (Å²) >= 11 is 12.8. The number of rotatable bonds is 13. The van der Waals surface area contributed by atoms with E-state index in [9.17, 15) is 18.0 Å². The van der Waals surface area contributed by atoms with Crippen molar-refractivity contribution >= 4 is 50.7 Å². The Kier molecular flexibility index (Phi) is 11.5. The molecule has 0 spiro atoms. The lowest BCUT2D eigenvalue weighted by atomic mass is 10.0. The maximum atomic E-state index is 14.5. The number of benzene rings is 4. The summed E-state index contributed by atoms with van der Waals surface area (Å²) in [5.74, 6) is -0.415. The van der Waals surface area contributed by atoms with Gasteiger partial charge in [0.1, 0.15) is 18.3 Å². The summed E-state index contributed by atoms with van der Waals surface area (Å²) in [4.78, 5) is 29.7. The minimum absolute atomic E-state index is 0.00154. The van der Waals surface area contributed by atoms with Crippen molar-refractivity contribution in [3.8, 4) is 5.75 Å². The number of carbonyl (C=O) groups is 2. The topological polar surface area (TPSA) is 96.0 Å². The van der Waals surface area contributed by atoms with Crippen LogP contribution in [-0.4, -0.2) is 50.9 Å². The van der Waals surface area contributed by atoms with Crippen LogP contribution in [0.3, 0.4) is 0 Å². The van der Waals surface area contributed by atoms with Gasteiger partial charge in [-0.05, 0) is 67.4 Å². The van der Waals surface area contributed by atoms with Crippen LogP contribution in [0.4, 0.5) is 5.69 Å². The molecule has 4 aromatic rings. The van der Waals surface area contributed by atoms with E-state index in [0.717, 1.165) is 9.87 Å². The third-order valence-corrected chi connectivity index (χ3v) is 9.30. The molecule has 236 valence electrons. The molecule has 1 N–H and O–H groups in total. The number of sulfonamides is 1. The third kappa shape index (κ3) is 8.78. The zero-order valence-corrected chi connectivity index (χ0v) is 27.5. The average Bonchev–Trinajstić information content (AvgIpc) is 3.03. The van der Waals surface area contributed by atoms with E-state index in [2.05, 4.69) is 5.32 Å². The summed E-state index contributed by atoms with van der Waals surface area (Å²) in [7, 11) is -2.77. The van der Waals surface area contributed by atoms with Gasteiger partial charge in [-0.3, -0.25) is 13.9 Å². The van der Waals surface area contributed by atoms with Crippen LogP contribution in [-0.2, 0) is 32.6 Å². The number of ether oxygens (including phenoxy) is 1. The predicted molar refractivity (Wildman–Crippen MR) is 178 cm³/mol. The van der Waals surface area contributed by atoms with Crippen molar-refractivity contribution in [3.63, 3.8) is 0 Å². The number of nitrogens with one attached hydrogen (secondary N) is 1. The molecule has 0 unspecified atom stereocenters. The molecule has 0 saturated carbocycles. The molecule has 1 atom stereocenters. The highest BCUT2D eigenvalue weighted by Crippen LogP contribution is 2.33. The highest BCUT2D eigenvalue weighted by Gasteiger charge is 2.35. The molecule has 0 aliphatic heterocycles. The van der Waals surface area contributed by atoms with Gasteiger partial charge in [-0.2, -0.15) is 0 Å². The Hall–Kier alpha value is -4.05. The molecular formula is C34H35Cl2N3O5S. The van der Waals surface area contributed by atoms with E-state index in [4.69, 9.17) is 27.9 Å². The van der Waals surface area contributed by atoms with Crippen LogP contribution in [0.15, 0.2) is 108 Å². The highest BCUT2D eigenvalue weighted by molar-refractivity contribution is 7.92. The van der Waals surface area contributed by atoms with Gasteiger partial charge in [0.15, 0.2) is 0 Å². The molecule has 45 heavy (non-hydrogen) atoms. The maximum absolute atomic E-state index is 14.5. The third-order valence-electron chi connectivity index (χ3n) is 6.98. The van der Waals surface area contributed by atoms with Gasteiger partial charge in [-0.1, -0.05) is 83.9 Å². The van der Waals surface area contributed by atoms with Gasteiger partial charge < -0.3 is 15.0 Å². The number of nitrogens with zero attached hydrogens (tertiary/aromatic N) is 2. The molecule has 0 bridgehead atoms. The molecule has 0 heterocycles. The maximum Gasteiger partial charge on any atom is 0.264 e. The van der Waals surface area contributed by atoms with Gasteiger partial charge in [-0.15, -0.1) is 0 Å². The Labute approximate surface area is 274 Å².